The van der Waals surface area contributed by atoms with Crippen molar-refractivity contribution in [3.8, 4) is 0 Å². The van der Waals surface area contributed by atoms with Gasteiger partial charge in [-0.15, -0.1) is 0 Å². The molecule has 4 heterocycles. The highest BCUT2D eigenvalue weighted by Gasteiger charge is 2.41. The number of aromatic nitrogens is 2. The molecule has 126 valence electrons. The van der Waals surface area contributed by atoms with Gasteiger partial charge >= 0.3 is 0 Å². The summed E-state index contributed by atoms with van der Waals surface area (Å²) in [6, 6.07) is 12.2. The van der Waals surface area contributed by atoms with Crippen molar-refractivity contribution in [2.75, 3.05) is 13.1 Å². The summed E-state index contributed by atoms with van der Waals surface area (Å²) < 4.78 is 2.07. The first-order valence-electron chi connectivity index (χ1n) is 8.79. The Morgan fingerprint density at radius 2 is 2.08 bits per heavy atom. The zero-order chi connectivity index (χ0) is 17.0. The molecule has 1 saturated heterocycles. The first-order valence-corrected chi connectivity index (χ1v) is 8.79. The van der Waals surface area contributed by atoms with Gasteiger partial charge in [-0.05, 0) is 37.1 Å². The van der Waals surface area contributed by atoms with Gasteiger partial charge in [0.1, 0.15) is 11.8 Å². The normalized spacial score (nSPS) is 20.1. The number of hydrogen-bond donors (Lipinski definition) is 0. The minimum atomic E-state index is 0.0454. The predicted molar refractivity (Wildman–Crippen MR) is 95.2 cm³/mol. The molecule has 0 N–H and O–H groups in total. The average molecular weight is 332 g/mol. The zero-order valence-electron chi connectivity index (χ0n) is 14.2. The zero-order valence-corrected chi connectivity index (χ0v) is 14.2. The SMILES string of the molecule is Cc1ccn2cc(CN3CCCN4C(=O)c5ccccc5C34)nc2c1. The molecule has 5 nitrogen and oxygen atoms in total. The van der Waals surface area contributed by atoms with E-state index in [2.05, 4.69) is 46.8 Å². The van der Waals surface area contributed by atoms with Crippen LogP contribution in [0.15, 0.2) is 48.8 Å². The van der Waals surface area contributed by atoms with E-state index >= 15 is 0 Å². The van der Waals surface area contributed by atoms with Gasteiger partial charge < -0.3 is 9.30 Å². The summed E-state index contributed by atoms with van der Waals surface area (Å²) >= 11 is 0. The fourth-order valence-corrected chi connectivity index (χ4v) is 4.12. The maximum Gasteiger partial charge on any atom is 0.255 e. The summed E-state index contributed by atoms with van der Waals surface area (Å²) in [5.74, 6) is 0.163. The van der Waals surface area contributed by atoms with Crippen molar-refractivity contribution in [2.24, 2.45) is 0 Å². The summed E-state index contributed by atoms with van der Waals surface area (Å²) in [4.78, 5) is 21.8. The topological polar surface area (TPSA) is 40.9 Å². The Morgan fingerprint density at radius 1 is 1.20 bits per heavy atom. The predicted octanol–water partition coefficient (Wildman–Crippen LogP) is 3.00. The van der Waals surface area contributed by atoms with Crippen molar-refractivity contribution < 1.29 is 4.79 Å². The van der Waals surface area contributed by atoms with Gasteiger partial charge in [0.15, 0.2) is 0 Å². The molecule has 1 aromatic carbocycles. The molecule has 2 aromatic heterocycles. The van der Waals surface area contributed by atoms with Crippen LogP contribution < -0.4 is 0 Å². The quantitative estimate of drug-likeness (QED) is 0.724. The van der Waals surface area contributed by atoms with Crippen LogP contribution in [0.25, 0.3) is 5.65 Å². The number of carbonyl (C=O) groups excluding carboxylic acids is 1. The molecule has 0 spiro atoms. The largest absolute Gasteiger partial charge is 0.319 e. The third-order valence-electron chi connectivity index (χ3n) is 5.25. The molecule has 5 heteroatoms. The Balaban J connectivity index is 1.50. The number of benzene rings is 1. The Hall–Kier alpha value is -2.66. The van der Waals surface area contributed by atoms with Crippen LogP contribution in [-0.2, 0) is 6.54 Å². The number of fused-ring (bicyclic) bond motifs is 4. The van der Waals surface area contributed by atoms with Crippen LogP contribution in [-0.4, -0.2) is 38.2 Å². The van der Waals surface area contributed by atoms with Crippen molar-refractivity contribution in [2.45, 2.75) is 26.1 Å². The molecule has 5 rings (SSSR count). The number of hydrogen-bond acceptors (Lipinski definition) is 3. The second-order valence-electron chi connectivity index (χ2n) is 6.99. The maximum atomic E-state index is 12.7. The fraction of sp³-hybridized carbons (Fsp3) is 0.300. The molecular formula is C20H20N4O. The summed E-state index contributed by atoms with van der Waals surface area (Å²) in [6.45, 7) is 4.65. The van der Waals surface area contributed by atoms with Gasteiger partial charge in [0.2, 0.25) is 0 Å². The Kier molecular flexibility index (Phi) is 3.18. The molecule has 1 unspecified atom stereocenters. The van der Waals surface area contributed by atoms with E-state index in [4.69, 9.17) is 4.98 Å². The molecule has 0 radical (unpaired) electrons. The minimum absolute atomic E-state index is 0.0454. The van der Waals surface area contributed by atoms with Crippen LogP contribution in [0.1, 0.15) is 39.8 Å². The maximum absolute atomic E-state index is 12.7. The van der Waals surface area contributed by atoms with Gasteiger partial charge in [0.05, 0.1) is 5.69 Å². The number of rotatable bonds is 2. The molecular weight excluding hydrogens is 312 g/mol. The molecule has 2 aliphatic heterocycles. The highest BCUT2D eigenvalue weighted by atomic mass is 16.2. The van der Waals surface area contributed by atoms with Gasteiger partial charge in [0, 0.05) is 43.2 Å². The summed E-state index contributed by atoms with van der Waals surface area (Å²) in [5, 5.41) is 0. The lowest BCUT2D eigenvalue weighted by molar-refractivity contribution is 0.0119. The smallest absolute Gasteiger partial charge is 0.255 e. The van der Waals surface area contributed by atoms with E-state index < -0.39 is 0 Å². The first kappa shape index (κ1) is 14.7. The van der Waals surface area contributed by atoms with Crippen LogP contribution in [0.5, 0.6) is 0 Å². The molecule has 3 aromatic rings. The summed E-state index contributed by atoms with van der Waals surface area (Å²) in [7, 11) is 0. The van der Waals surface area contributed by atoms with E-state index in [1.54, 1.807) is 0 Å². The van der Waals surface area contributed by atoms with E-state index in [9.17, 15) is 4.79 Å². The number of imidazole rings is 1. The van der Waals surface area contributed by atoms with E-state index in [1.165, 1.54) is 5.56 Å². The number of carbonyl (C=O) groups is 1. The van der Waals surface area contributed by atoms with Gasteiger partial charge in [-0.25, -0.2) is 4.98 Å². The molecule has 1 fully saturated rings. The number of pyridine rings is 1. The second-order valence-corrected chi connectivity index (χ2v) is 6.99. The molecule has 1 amide bonds. The highest BCUT2D eigenvalue weighted by molar-refractivity contribution is 5.99. The van der Waals surface area contributed by atoms with Crippen LogP contribution in [0.3, 0.4) is 0 Å². The van der Waals surface area contributed by atoms with Crippen LogP contribution >= 0.6 is 0 Å². The van der Waals surface area contributed by atoms with Crippen molar-refractivity contribution in [3.63, 3.8) is 0 Å². The molecule has 0 saturated carbocycles. The molecule has 0 aliphatic carbocycles. The highest BCUT2D eigenvalue weighted by Crippen LogP contribution is 2.39. The van der Waals surface area contributed by atoms with E-state index in [0.717, 1.165) is 48.5 Å². The molecule has 25 heavy (non-hydrogen) atoms. The van der Waals surface area contributed by atoms with Crippen molar-refractivity contribution in [1.29, 1.82) is 0 Å². The van der Waals surface area contributed by atoms with Crippen molar-refractivity contribution >= 4 is 11.6 Å². The Bertz CT molecular complexity index is 977. The lowest BCUT2D eigenvalue weighted by Crippen LogP contribution is -2.45. The Morgan fingerprint density at radius 3 is 3.00 bits per heavy atom. The van der Waals surface area contributed by atoms with Crippen molar-refractivity contribution in [3.05, 3.63) is 71.2 Å². The van der Waals surface area contributed by atoms with Crippen LogP contribution in [0.4, 0.5) is 0 Å². The third-order valence-corrected chi connectivity index (χ3v) is 5.25. The average Bonchev–Trinajstić information content (AvgIpc) is 3.14. The van der Waals surface area contributed by atoms with Crippen molar-refractivity contribution in [1.82, 2.24) is 19.2 Å². The van der Waals surface area contributed by atoms with Crippen LogP contribution in [0.2, 0.25) is 0 Å². The molecule has 0 bridgehead atoms. The molecule has 2 aliphatic rings. The molecule has 1 atom stereocenters. The summed E-state index contributed by atoms with van der Waals surface area (Å²) in [6.07, 6.45) is 5.20. The number of nitrogens with zero attached hydrogens (tertiary/aromatic N) is 4. The fourth-order valence-electron chi connectivity index (χ4n) is 4.12. The first-order chi connectivity index (χ1) is 12.2. The second kappa shape index (κ2) is 5.43. The van der Waals surface area contributed by atoms with E-state index in [0.29, 0.717) is 0 Å². The van der Waals surface area contributed by atoms with Gasteiger partial charge in [-0.2, -0.15) is 0 Å². The van der Waals surface area contributed by atoms with Crippen LogP contribution in [0, 0.1) is 6.92 Å². The van der Waals surface area contributed by atoms with Gasteiger partial charge in [-0.1, -0.05) is 18.2 Å². The van der Waals surface area contributed by atoms with E-state index in [1.807, 2.05) is 23.1 Å². The summed E-state index contributed by atoms with van der Waals surface area (Å²) in [5.41, 5.74) is 5.22. The number of amides is 1. The standard InChI is InChI=1S/C20H20N4O/c1-14-7-10-22-12-15(21-18(22)11-14)13-23-8-4-9-24-19(23)16-5-2-3-6-17(16)20(24)25/h2-3,5-7,10-12,19H,4,8-9,13H2,1H3. The van der Waals surface area contributed by atoms with Gasteiger partial charge in [0.25, 0.3) is 5.91 Å². The minimum Gasteiger partial charge on any atom is -0.319 e. The Labute approximate surface area is 146 Å². The lowest BCUT2D eigenvalue weighted by Gasteiger charge is -2.39. The third kappa shape index (κ3) is 2.27. The number of aryl methyl sites for hydroxylation is 1. The lowest BCUT2D eigenvalue weighted by atomic mass is 10.1. The monoisotopic (exact) mass is 332 g/mol. The van der Waals surface area contributed by atoms with E-state index in [-0.39, 0.29) is 12.1 Å². The van der Waals surface area contributed by atoms with Gasteiger partial charge in [-0.3, -0.25) is 9.69 Å².